The van der Waals surface area contributed by atoms with Gasteiger partial charge in [-0.3, -0.25) is 9.78 Å². The van der Waals surface area contributed by atoms with Gasteiger partial charge in [-0.1, -0.05) is 19.8 Å². The van der Waals surface area contributed by atoms with Gasteiger partial charge in [0.2, 0.25) is 5.95 Å². The van der Waals surface area contributed by atoms with Crippen molar-refractivity contribution in [3.05, 3.63) is 58.4 Å². The molecule has 3 rings (SSSR count). The van der Waals surface area contributed by atoms with Gasteiger partial charge in [0.25, 0.3) is 5.56 Å². The van der Waals surface area contributed by atoms with Crippen LogP contribution >= 0.6 is 0 Å². The molecule has 0 amide bonds. The SMILES string of the molecule is CCCCCOc1ccc(/C=N/Nc2nnc(-c3ccc(OC)cc3)c(=O)[nH]2)cc1OC. The molecule has 0 fully saturated rings. The Morgan fingerprint density at radius 2 is 1.84 bits per heavy atom. The Morgan fingerprint density at radius 3 is 2.53 bits per heavy atom. The Kier molecular flexibility index (Phi) is 8.19. The lowest BCUT2D eigenvalue weighted by Gasteiger charge is -2.11. The van der Waals surface area contributed by atoms with Crippen LogP contribution in [0.3, 0.4) is 0 Å². The summed E-state index contributed by atoms with van der Waals surface area (Å²) in [6.45, 7) is 2.80. The van der Waals surface area contributed by atoms with Crippen molar-refractivity contribution < 1.29 is 14.2 Å². The molecule has 3 aromatic rings. The summed E-state index contributed by atoms with van der Waals surface area (Å²) < 4.78 is 16.3. The predicted octanol–water partition coefficient (Wildman–Crippen LogP) is 3.86. The summed E-state index contributed by atoms with van der Waals surface area (Å²) in [5.74, 6) is 2.14. The molecule has 0 atom stereocenters. The van der Waals surface area contributed by atoms with Crippen molar-refractivity contribution in [3.63, 3.8) is 0 Å². The van der Waals surface area contributed by atoms with Gasteiger partial charge in [0.15, 0.2) is 17.2 Å². The van der Waals surface area contributed by atoms with Gasteiger partial charge in [-0.25, -0.2) is 5.43 Å². The van der Waals surface area contributed by atoms with Gasteiger partial charge in [0, 0.05) is 5.56 Å². The molecule has 0 bridgehead atoms. The summed E-state index contributed by atoms with van der Waals surface area (Å²) in [5.41, 5.74) is 3.94. The second kappa shape index (κ2) is 11.5. The first-order valence-electron chi connectivity index (χ1n) is 10.4. The minimum atomic E-state index is -0.380. The number of hydrogen-bond donors (Lipinski definition) is 2. The summed E-state index contributed by atoms with van der Waals surface area (Å²) in [4.78, 5) is 15.0. The van der Waals surface area contributed by atoms with E-state index in [4.69, 9.17) is 14.2 Å². The van der Waals surface area contributed by atoms with Gasteiger partial charge in [-0.2, -0.15) is 5.10 Å². The molecule has 1 heterocycles. The predicted molar refractivity (Wildman–Crippen MR) is 124 cm³/mol. The minimum Gasteiger partial charge on any atom is -0.497 e. The summed E-state index contributed by atoms with van der Waals surface area (Å²) >= 11 is 0. The van der Waals surface area contributed by atoms with Crippen molar-refractivity contribution in [1.29, 1.82) is 0 Å². The fraction of sp³-hybridized carbons (Fsp3) is 0.304. The smallest absolute Gasteiger partial charge is 0.279 e. The van der Waals surface area contributed by atoms with Gasteiger partial charge in [-0.05, 0) is 54.4 Å². The highest BCUT2D eigenvalue weighted by molar-refractivity contribution is 5.81. The third-order valence-corrected chi connectivity index (χ3v) is 4.64. The Labute approximate surface area is 186 Å². The highest BCUT2D eigenvalue weighted by Crippen LogP contribution is 2.27. The first kappa shape index (κ1) is 22.8. The zero-order valence-electron chi connectivity index (χ0n) is 18.4. The zero-order chi connectivity index (χ0) is 22.8. The lowest BCUT2D eigenvalue weighted by atomic mass is 10.1. The molecule has 9 nitrogen and oxygen atoms in total. The normalized spacial score (nSPS) is 10.8. The average molecular weight is 438 g/mol. The van der Waals surface area contributed by atoms with Gasteiger partial charge in [0.05, 0.1) is 27.0 Å². The Bertz CT molecular complexity index is 1100. The molecule has 32 heavy (non-hydrogen) atoms. The number of aromatic nitrogens is 3. The number of unbranched alkanes of at least 4 members (excludes halogenated alkanes) is 2. The second-order valence-corrected chi connectivity index (χ2v) is 6.92. The number of rotatable bonds is 11. The largest absolute Gasteiger partial charge is 0.497 e. The number of hydrogen-bond acceptors (Lipinski definition) is 8. The fourth-order valence-electron chi connectivity index (χ4n) is 2.91. The molecule has 0 saturated heterocycles. The standard InChI is InChI=1S/C23H27N5O4/c1-4-5-6-13-32-19-12-7-16(14-20(19)31-3)15-24-27-23-25-22(29)21(26-28-23)17-8-10-18(30-2)11-9-17/h7-12,14-15H,4-6,13H2,1-3H3,(H2,25,27,28,29)/b24-15+. The van der Waals surface area contributed by atoms with E-state index in [0.29, 0.717) is 29.4 Å². The lowest BCUT2D eigenvalue weighted by Crippen LogP contribution is -2.15. The van der Waals surface area contributed by atoms with E-state index in [1.54, 1.807) is 44.7 Å². The number of aromatic amines is 1. The van der Waals surface area contributed by atoms with Crippen LogP contribution in [-0.2, 0) is 0 Å². The number of nitrogens with zero attached hydrogens (tertiary/aromatic N) is 3. The van der Waals surface area contributed by atoms with E-state index in [1.165, 1.54) is 0 Å². The number of H-pyrrole nitrogens is 1. The number of benzene rings is 2. The van der Waals surface area contributed by atoms with E-state index < -0.39 is 0 Å². The number of anilines is 1. The molecule has 0 saturated carbocycles. The topological polar surface area (TPSA) is 111 Å². The van der Waals surface area contributed by atoms with Crippen LogP contribution < -0.4 is 25.2 Å². The Morgan fingerprint density at radius 1 is 1.03 bits per heavy atom. The van der Waals surface area contributed by atoms with Crippen molar-refractivity contribution in [2.45, 2.75) is 26.2 Å². The molecule has 0 aliphatic rings. The van der Waals surface area contributed by atoms with Crippen LogP contribution in [0.4, 0.5) is 5.95 Å². The summed E-state index contributed by atoms with van der Waals surface area (Å²) in [6.07, 6.45) is 4.86. The second-order valence-electron chi connectivity index (χ2n) is 6.92. The monoisotopic (exact) mass is 437 g/mol. The first-order valence-corrected chi connectivity index (χ1v) is 10.4. The molecule has 0 radical (unpaired) electrons. The Hall–Kier alpha value is -3.88. The van der Waals surface area contributed by atoms with Crippen LogP contribution in [0, 0.1) is 0 Å². The maximum atomic E-state index is 12.4. The average Bonchev–Trinajstić information content (AvgIpc) is 2.82. The zero-order valence-corrected chi connectivity index (χ0v) is 18.4. The Balaban J connectivity index is 1.63. The lowest BCUT2D eigenvalue weighted by molar-refractivity contribution is 0.286. The van der Waals surface area contributed by atoms with Gasteiger partial charge in [0.1, 0.15) is 5.75 Å². The van der Waals surface area contributed by atoms with Crippen molar-refractivity contribution in [2.75, 3.05) is 26.3 Å². The van der Waals surface area contributed by atoms with Gasteiger partial charge in [-0.15, -0.1) is 10.2 Å². The third-order valence-electron chi connectivity index (χ3n) is 4.64. The van der Waals surface area contributed by atoms with E-state index in [9.17, 15) is 4.79 Å². The van der Waals surface area contributed by atoms with Gasteiger partial charge >= 0.3 is 0 Å². The van der Waals surface area contributed by atoms with Crippen LogP contribution in [0.1, 0.15) is 31.7 Å². The van der Waals surface area contributed by atoms with Crippen molar-refractivity contribution in [2.24, 2.45) is 5.10 Å². The molecule has 0 aliphatic carbocycles. The van der Waals surface area contributed by atoms with Crippen LogP contribution in [0.5, 0.6) is 17.2 Å². The summed E-state index contributed by atoms with van der Waals surface area (Å²) in [5, 5.41) is 12.1. The molecule has 9 heteroatoms. The van der Waals surface area contributed by atoms with Crippen LogP contribution in [0.2, 0.25) is 0 Å². The molecule has 168 valence electrons. The van der Waals surface area contributed by atoms with E-state index in [1.807, 2.05) is 18.2 Å². The van der Waals surface area contributed by atoms with Crippen LogP contribution in [0.25, 0.3) is 11.3 Å². The van der Waals surface area contributed by atoms with Crippen LogP contribution in [0.15, 0.2) is 52.4 Å². The first-order chi connectivity index (χ1) is 15.6. The maximum Gasteiger partial charge on any atom is 0.279 e. The molecule has 2 N–H and O–H groups in total. The molecule has 1 aromatic heterocycles. The van der Waals surface area contributed by atoms with Crippen molar-refractivity contribution in [1.82, 2.24) is 15.2 Å². The number of hydrazone groups is 1. The summed E-state index contributed by atoms with van der Waals surface area (Å²) in [7, 11) is 3.17. The highest BCUT2D eigenvalue weighted by Gasteiger charge is 2.08. The number of methoxy groups -OCH3 is 2. The van der Waals surface area contributed by atoms with Gasteiger partial charge < -0.3 is 14.2 Å². The van der Waals surface area contributed by atoms with Crippen molar-refractivity contribution >= 4 is 12.2 Å². The fourth-order valence-corrected chi connectivity index (χ4v) is 2.91. The molecule has 0 unspecified atom stereocenters. The maximum absolute atomic E-state index is 12.4. The minimum absolute atomic E-state index is 0.131. The van der Waals surface area contributed by atoms with Crippen molar-refractivity contribution in [3.8, 4) is 28.5 Å². The molecule has 0 spiro atoms. The third kappa shape index (κ3) is 6.07. The molecular weight excluding hydrogens is 410 g/mol. The highest BCUT2D eigenvalue weighted by atomic mass is 16.5. The quantitative estimate of drug-likeness (QED) is 0.266. The number of nitrogens with one attached hydrogen (secondary N) is 2. The molecule has 2 aromatic carbocycles. The van der Waals surface area contributed by atoms with E-state index in [2.05, 4.69) is 32.6 Å². The summed E-state index contributed by atoms with van der Waals surface area (Å²) in [6, 6.07) is 12.5. The molecule has 0 aliphatic heterocycles. The van der Waals surface area contributed by atoms with E-state index in [0.717, 1.165) is 24.8 Å². The number of ether oxygens (including phenoxy) is 3. The van der Waals surface area contributed by atoms with E-state index in [-0.39, 0.29) is 17.2 Å². The van der Waals surface area contributed by atoms with E-state index >= 15 is 0 Å². The molecular formula is C23H27N5O4. The van der Waals surface area contributed by atoms with Crippen LogP contribution in [-0.4, -0.2) is 42.2 Å².